The molecule has 3 aromatic carbocycles. The van der Waals surface area contributed by atoms with Crippen LogP contribution in [0.2, 0.25) is 0 Å². The van der Waals surface area contributed by atoms with Crippen molar-refractivity contribution in [2.24, 2.45) is 0 Å². The van der Waals surface area contributed by atoms with Crippen LogP contribution in [0.25, 0.3) is 0 Å². The number of para-hydroxylation sites is 3. The molecule has 0 aromatic heterocycles. The first kappa shape index (κ1) is 44.7. The van der Waals surface area contributed by atoms with E-state index in [1.165, 1.54) is 152 Å². The summed E-state index contributed by atoms with van der Waals surface area (Å²) in [6.07, 6.45) is 30.3. The SMILES string of the molecule is CCCCCCCCCc1ccccc1OP(Oc1ccccc1CCCCCCCCC)Oc1ccccc1CCCCCCCCC.[H-].[Na+]. The van der Waals surface area contributed by atoms with Gasteiger partial charge in [0.2, 0.25) is 0 Å². The molecule has 50 heavy (non-hydrogen) atoms. The van der Waals surface area contributed by atoms with Gasteiger partial charge in [-0.2, -0.15) is 0 Å². The van der Waals surface area contributed by atoms with Gasteiger partial charge in [0.1, 0.15) is 17.2 Å². The fourth-order valence-corrected chi connectivity index (χ4v) is 7.64. The Kier molecular flexibility index (Phi) is 26.8. The second kappa shape index (κ2) is 30.0. The molecule has 0 N–H and O–H groups in total. The van der Waals surface area contributed by atoms with Crippen LogP contribution in [0.1, 0.15) is 174 Å². The minimum Gasteiger partial charge on any atom is -1.00 e. The Balaban J connectivity index is 0.00000650. The molecule has 3 aromatic rings. The Morgan fingerprint density at radius 3 is 0.880 bits per heavy atom. The summed E-state index contributed by atoms with van der Waals surface area (Å²) in [6.45, 7) is 6.84. The Morgan fingerprint density at radius 1 is 0.360 bits per heavy atom. The van der Waals surface area contributed by atoms with Gasteiger partial charge in [0.25, 0.3) is 0 Å². The number of aryl methyl sites for hydroxylation is 3. The maximum absolute atomic E-state index is 6.76. The average molecular weight is 713 g/mol. The van der Waals surface area contributed by atoms with Gasteiger partial charge in [-0.05, 0) is 73.4 Å². The Morgan fingerprint density at radius 2 is 0.600 bits per heavy atom. The van der Waals surface area contributed by atoms with E-state index in [0.29, 0.717) is 0 Å². The van der Waals surface area contributed by atoms with Crippen LogP contribution in [-0.4, -0.2) is 0 Å². The Hall–Kier alpha value is -1.51. The fraction of sp³-hybridized carbons (Fsp3) is 0.600. The van der Waals surface area contributed by atoms with Crippen molar-refractivity contribution in [2.75, 3.05) is 0 Å². The molecule has 0 aliphatic carbocycles. The van der Waals surface area contributed by atoms with Crippen LogP contribution < -0.4 is 43.1 Å². The molecular weight excluding hydrogens is 642 g/mol. The van der Waals surface area contributed by atoms with Crippen LogP contribution in [0, 0.1) is 0 Å². The van der Waals surface area contributed by atoms with E-state index in [2.05, 4.69) is 93.6 Å². The average Bonchev–Trinajstić information content (AvgIpc) is 3.12. The zero-order valence-corrected chi connectivity index (χ0v) is 35.5. The van der Waals surface area contributed by atoms with Gasteiger partial charge >= 0.3 is 38.2 Å². The zero-order chi connectivity index (χ0) is 34.6. The number of unbranched alkanes of at least 4 members (excludes halogenated alkanes) is 18. The maximum Gasteiger partial charge on any atom is 1.00 e. The molecule has 0 saturated carbocycles. The molecule has 0 unspecified atom stereocenters. The first-order chi connectivity index (χ1) is 24.2. The standard InChI is InChI=1S/C45H69O3P.Na.H/c1-4-7-10-13-16-19-22-31-40-34-25-28-37-43(40)46-49(47-44-38-29-26-35-41(44)32-23-20-17-14-11-8-5-2)48-45-39-30-27-36-42(45)33-24-21-18-15-12-9-6-3;;/h25-30,34-39H,4-24,31-33H2,1-3H3;;/q;+1;-1. The largest absolute Gasteiger partial charge is 1.00 e. The topological polar surface area (TPSA) is 27.7 Å². The normalized spacial score (nSPS) is 11.0. The predicted octanol–water partition coefficient (Wildman–Crippen LogP) is 12.4. The third-order valence-electron chi connectivity index (χ3n) is 9.59. The van der Waals surface area contributed by atoms with Crippen molar-refractivity contribution in [2.45, 2.75) is 175 Å². The van der Waals surface area contributed by atoms with E-state index in [1.54, 1.807) is 0 Å². The van der Waals surface area contributed by atoms with Crippen molar-refractivity contribution in [1.29, 1.82) is 0 Å². The third kappa shape index (κ3) is 19.4. The molecule has 0 bridgehead atoms. The molecule has 0 heterocycles. The molecule has 3 rings (SSSR count). The third-order valence-corrected chi connectivity index (χ3v) is 10.6. The van der Waals surface area contributed by atoms with Gasteiger partial charge < -0.3 is 15.0 Å². The quantitative estimate of drug-likeness (QED) is 0.0391. The molecule has 0 atom stereocenters. The van der Waals surface area contributed by atoms with Crippen molar-refractivity contribution in [3.05, 3.63) is 89.5 Å². The van der Waals surface area contributed by atoms with Gasteiger partial charge in [-0.1, -0.05) is 191 Å². The molecule has 0 spiro atoms. The second-order valence-electron chi connectivity index (χ2n) is 13.9. The first-order valence-corrected chi connectivity index (χ1v) is 21.4. The smallest absolute Gasteiger partial charge is 1.00 e. The van der Waals surface area contributed by atoms with E-state index in [1.807, 2.05) is 0 Å². The van der Waals surface area contributed by atoms with Gasteiger partial charge in [0.05, 0.1) is 0 Å². The van der Waals surface area contributed by atoms with E-state index in [0.717, 1.165) is 36.5 Å². The molecule has 0 fully saturated rings. The molecule has 0 aliphatic heterocycles. The van der Waals surface area contributed by atoms with Gasteiger partial charge in [0.15, 0.2) is 0 Å². The minimum atomic E-state index is -1.72. The van der Waals surface area contributed by atoms with E-state index in [9.17, 15) is 0 Å². The Bertz CT molecular complexity index is 1090. The van der Waals surface area contributed by atoms with Crippen molar-refractivity contribution < 1.29 is 44.6 Å². The van der Waals surface area contributed by atoms with Crippen molar-refractivity contribution >= 4 is 8.60 Å². The van der Waals surface area contributed by atoms with Crippen LogP contribution in [0.15, 0.2) is 72.8 Å². The van der Waals surface area contributed by atoms with Gasteiger partial charge in [-0.25, -0.2) is 0 Å². The van der Waals surface area contributed by atoms with E-state index in [4.69, 9.17) is 13.6 Å². The zero-order valence-electron chi connectivity index (χ0n) is 33.6. The van der Waals surface area contributed by atoms with Crippen LogP contribution in [-0.2, 0) is 19.3 Å². The monoisotopic (exact) mass is 712 g/mol. The van der Waals surface area contributed by atoms with Gasteiger partial charge in [0, 0.05) is 0 Å². The summed E-state index contributed by atoms with van der Waals surface area (Å²) in [6, 6.07) is 25.5. The summed E-state index contributed by atoms with van der Waals surface area (Å²) in [5.74, 6) is 2.65. The maximum atomic E-state index is 6.76. The molecule has 0 radical (unpaired) electrons. The molecule has 0 amide bonds. The summed E-state index contributed by atoms with van der Waals surface area (Å²) in [5, 5.41) is 0. The van der Waals surface area contributed by atoms with Crippen LogP contribution in [0.3, 0.4) is 0 Å². The summed E-state index contributed by atoms with van der Waals surface area (Å²) in [5.41, 5.74) is 3.72. The van der Waals surface area contributed by atoms with E-state index in [-0.39, 0.29) is 31.0 Å². The van der Waals surface area contributed by atoms with Gasteiger partial charge in [-0.15, -0.1) is 0 Å². The molecule has 0 saturated heterocycles. The molecule has 3 nitrogen and oxygen atoms in total. The second-order valence-corrected chi connectivity index (χ2v) is 14.9. The Labute approximate surface area is 332 Å². The molecule has 274 valence electrons. The van der Waals surface area contributed by atoms with Crippen LogP contribution in [0.5, 0.6) is 17.2 Å². The summed E-state index contributed by atoms with van der Waals surface area (Å²) >= 11 is 0. The van der Waals surface area contributed by atoms with Crippen molar-refractivity contribution in [3.8, 4) is 17.2 Å². The number of hydrogen-bond donors (Lipinski definition) is 0. The number of rotatable bonds is 30. The number of benzene rings is 3. The summed E-state index contributed by atoms with van der Waals surface area (Å²) in [4.78, 5) is 0. The molecular formula is C45H70NaO3P. The van der Waals surface area contributed by atoms with Crippen molar-refractivity contribution in [3.63, 3.8) is 0 Å². The van der Waals surface area contributed by atoms with Crippen LogP contribution >= 0.6 is 8.60 Å². The fourth-order valence-electron chi connectivity index (χ4n) is 6.51. The van der Waals surface area contributed by atoms with Crippen molar-refractivity contribution in [1.82, 2.24) is 0 Å². The minimum absolute atomic E-state index is 0. The predicted molar refractivity (Wildman–Crippen MR) is 214 cm³/mol. The molecule has 0 aliphatic rings. The van der Waals surface area contributed by atoms with Gasteiger partial charge in [-0.3, -0.25) is 0 Å². The molecule has 5 heteroatoms. The van der Waals surface area contributed by atoms with E-state index >= 15 is 0 Å². The number of hydrogen-bond acceptors (Lipinski definition) is 3. The van der Waals surface area contributed by atoms with E-state index < -0.39 is 8.60 Å². The van der Waals surface area contributed by atoms with Crippen LogP contribution in [0.4, 0.5) is 0 Å². The first-order valence-electron chi connectivity index (χ1n) is 20.3. The summed E-state index contributed by atoms with van der Waals surface area (Å²) in [7, 11) is -1.72. The summed E-state index contributed by atoms with van der Waals surface area (Å²) < 4.78 is 20.3.